The fourth-order valence-electron chi connectivity index (χ4n) is 1.73. The van der Waals surface area contributed by atoms with Crippen LogP contribution < -0.4 is 0 Å². The van der Waals surface area contributed by atoms with Gasteiger partial charge < -0.3 is 5.11 Å². The Hall–Kier alpha value is -1.24. The van der Waals surface area contributed by atoms with Crippen molar-refractivity contribution in [1.29, 1.82) is 0 Å². The Kier molecular flexibility index (Phi) is 3.04. The van der Waals surface area contributed by atoms with E-state index < -0.39 is 28.9 Å². The van der Waals surface area contributed by atoms with Crippen LogP contribution in [0.5, 0.6) is 0 Å². The Balaban J connectivity index is 2.55. The van der Waals surface area contributed by atoms with Crippen molar-refractivity contribution in [2.24, 2.45) is 0 Å². The predicted octanol–water partition coefficient (Wildman–Crippen LogP) is 3.08. The first-order valence-corrected chi connectivity index (χ1v) is 5.69. The lowest BCUT2D eigenvalue weighted by Crippen LogP contribution is -2.19. The monoisotopic (exact) mass is 282 g/mol. The maximum absolute atomic E-state index is 12.7. The summed E-state index contributed by atoms with van der Waals surface area (Å²) in [6.07, 6.45) is -3.27. The summed E-state index contributed by atoms with van der Waals surface area (Å²) in [5, 5.41) is 11.7. The second kappa shape index (κ2) is 4.15. The summed E-state index contributed by atoms with van der Waals surface area (Å²) in [5.74, 6) is -1.37. The summed E-state index contributed by atoms with van der Waals surface area (Å²) < 4.78 is 38.9. The maximum Gasteiger partial charge on any atom is 0.436 e. The largest absolute Gasteiger partial charge is 0.480 e. The number of carboxylic acid groups (broad SMARTS) is 1. The Morgan fingerprint density at radius 1 is 1.56 bits per heavy atom. The molecule has 0 spiro atoms. The number of rotatable bonds is 3. The van der Waals surface area contributed by atoms with Gasteiger partial charge in [-0.3, -0.25) is 4.68 Å². The summed E-state index contributed by atoms with van der Waals surface area (Å²) in [6, 6.07) is -1.17. The van der Waals surface area contributed by atoms with E-state index in [0.29, 0.717) is 12.8 Å². The van der Waals surface area contributed by atoms with Gasteiger partial charge in [-0.15, -0.1) is 0 Å². The zero-order valence-corrected chi connectivity index (χ0v) is 10.1. The molecule has 18 heavy (non-hydrogen) atoms. The topological polar surface area (TPSA) is 55.1 Å². The van der Waals surface area contributed by atoms with E-state index in [1.165, 1.54) is 6.92 Å². The van der Waals surface area contributed by atoms with Crippen LogP contribution in [0, 0.1) is 0 Å². The van der Waals surface area contributed by atoms with Crippen LogP contribution in [0.4, 0.5) is 13.2 Å². The smallest absolute Gasteiger partial charge is 0.436 e. The van der Waals surface area contributed by atoms with Crippen molar-refractivity contribution in [2.75, 3.05) is 0 Å². The van der Waals surface area contributed by atoms with Crippen molar-refractivity contribution in [3.63, 3.8) is 0 Å². The summed E-state index contributed by atoms with van der Waals surface area (Å²) in [4.78, 5) is 10.9. The van der Waals surface area contributed by atoms with Gasteiger partial charge in [-0.2, -0.15) is 18.3 Å². The molecule has 0 radical (unpaired) electrons. The zero-order chi connectivity index (χ0) is 13.7. The number of carbonyl (C=O) groups is 1. The highest BCUT2D eigenvalue weighted by Crippen LogP contribution is 2.47. The predicted molar refractivity (Wildman–Crippen MR) is 56.6 cm³/mol. The van der Waals surface area contributed by atoms with Gasteiger partial charge in [0, 0.05) is 5.92 Å². The molecule has 0 saturated heterocycles. The third-order valence-corrected chi connectivity index (χ3v) is 3.22. The van der Waals surface area contributed by atoms with Crippen LogP contribution in [0.3, 0.4) is 0 Å². The molecule has 1 atom stereocenters. The molecule has 0 bridgehead atoms. The number of aromatic nitrogens is 2. The van der Waals surface area contributed by atoms with Gasteiger partial charge in [-0.05, 0) is 19.8 Å². The van der Waals surface area contributed by atoms with E-state index in [1.807, 2.05) is 0 Å². The fraction of sp³-hybridized carbons (Fsp3) is 0.600. The zero-order valence-electron chi connectivity index (χ0n) is 9.33. The number of aliphatic carboxylic acids is 1. The molecule has 1 aromatic rings. The van der Waals surface area contributed by atoms with E-state index in [4.69, 9.17) is 16.7 Å². The normalized spacial score (nSPS) is 17.8. The van der Waals surface area contributed by atoms with Crippen LogP contribution in [0.15, 0.2) is 0 Å². The number of hydrogen-bond donors (Lipinski definition) is 1. The molecular weight excluding hydrogens is 273 g/mol. The van der Waals surface area contributed by atoms with Crippen LogP contribution in [-0.2, 0) is 11.0 Å². The first-order valence-electron chi connectivity index (χ1n) is 5.31. The number of hydrogen-bond acceptors (Lipinski definition) is 2. The molecule has 100 valence electrons. The van der Waals surface area contributed by atoms with Gasteiger partial charge in [0.25, 0.3) is 0 Å². The number of alkyl halides is 3. The third-order valence-electron chi connectivity index (χ3n) is 2.84. The molecule has 1 fully saturated rings. The first-order chi connectivity index (χ1) is 8.23. The lowest BCUT2D eigenvalue weighted by atomic mass is 10.2. The lowest BCUT2D eigenvalue weighted by molar-refractivity contribution is -0.144. The lowest BCUT2D eigenvalue weighted by Gasteiger charge is -2.10. The van der Waals surface area contributed by atoms with Crippen LogP contribution in [-0.4, -0.2) is 20.9 Å². The Labute approximate surface area is 105 Å². The minimum absolute atomic E-state index is 0.122. The minimum atomic E-state index is -4.68. The quantitative estimate of drug-likeness (QED) is 0.927. The molecule has 8 heteroatoms. The fourth-order valence-corrected chi connectivity index (χ4v) is 2.12. The van der Waals surface area contributed by atoms with Crippen molar-refractivity contribution < 1.29 is 23.1 Å². The van der Waals surface area contributed by atoms with Crippen molar-refractivity contribution in [2.45, 2.75) is 37.9 Å². The molecule has 0 unspecified atom stereocenters. The second-order valence-electron chi connectivity index (χ2n) is 4.28. The van der Waals surface area contributed by atoms with E-state index in [0.717, 1.165) is 4.68 Å². The molecule has 2 rings (SSSR count). The highest BCUT2D eigenvalue weighted by Gasteiger charge is 2.43. The van der Waals surface area contributed by atoms with Gasteiger partial charge in [-0.1, -0.05) is 11.6 Å². The highest BCUT2D eigenvalue weighted by atomic mass is 35.5. The first kappa shape index (κ1) is 13.2. The molecule has 0 aliphatic heterocycles. The van der Waals surface area contributed by atoms with Crippen LogP contribution in [0.1, 0.15) is 43.1 Å². The van der Waals surface area contributed by atoms with Gasteiger partial charge in [0.05, 0.1) is 10.7 Å². The Morgan fingerprint density at radius 3 is 2.50 bits per heavy atom. The molecular formula is C10H10ClF3N2O2. The number of halogens is 4. The van der Waals surface area contributed by atoms with Crippen LogP contribution in [0.25, 0.3) is 0 Å². The van der Waals surface area contributed by atoms with Crippen molar-refractivity contribution in [3.05, 3.63) is 16.4 Å². The third kappa shape index (κ3) is 2.19. The van der Waals surface area contributed by atoms with E-state index in [1.54, 1.807) is 0 Å². The van der Waals surface area contributed by atoms with E-state index >= 15 is 0 Å². The van der Waals surface area contributed by atoms with Crippen LogP contribution >= 0.6 is 11.6 Å². The summed E-state index contributed by atoms with van der Waals surface area (Å²) in [6.45, 7) is 1.28. The Morgan fingerprint density at radius 2 is 2.11 bits per heavy atom. The van der Waals surface area contributed by atoms with E-state index in [-0.39, 0.29) is 11.6 Å². The summed E-state index contributed by atoms with van der Waals surface area (Å²) in [5.41, 5.74) is -1.03. The maximum atomic E-state index is 12.7. The van der Waals surface area contributed by atoms with E-state index in [2.05, 4.69) is 5.10 Å². The number of carboxylic acids is 1. The average molecular weight is 283 g/mol. The van der Waals surface area contributed by atoms with Crippen molar-refractivity contribution in [3.8, 4) is 0 Å². The molecule has 1 heterocycles. The summed E-state index contributed by atoms with van der Waals surface area (Å²) >= 11 is 5.70. The molecule has 0 aromatic carbocycles. The van der Waals surface area contributed by atoms with Gasteiger partial charge in [-0.25, -0.2) is 4.79 Å². The molecule has 0 amide bonds. The van der Waals surface area contributed by atoms with Gasteiger partial charge >= 0.3 is 12.1 Å². The molecule has 4 nitrogen and oxygen atoms in total. The molecule has 1 N–H and O–H groups in total. The summed E-state index contributed by atoms with van der Waals surface area (Å²) in [7, 11) is 0. The molecule has 1 saturated carbocycles. The van der Waals surface area contributed by atoms with Crippen molar-refractivity contribution in [1.82, 2.24) is 9.78 Å². The second-order valence-corrected chi connectivity index (χ2v) is 4.66. The van der Waals surface area contributed by atoms with Crippen LogP contribution in [0.2, 0.25) is 5.02 Å². The Bertz CT molecular complexity index is 494. The van der Waals surface area contributed by atoms with E-state index in [9.17, 15) is 18.0 Å². The SMILES string of the molecule is C[C@H](C(=O)O)n1nc(C(F)(F)F)c(Cl)c1C1CC1. The van der Waals surface area contributed by atoms with Gasteiger partial charge in [0.15, 0.2) is 5.69 Å². The standard InChI is InChI=1S/C10H10ClF3N2O2/c1-4(9(17)18)16-7(5-2-3-5)6(11)8(15-16)10(12,13)14/h4-5H,2-3H2,1H3,(H,17,18)/t4-/m1/s1. The van der Waals surface area contributed by atoms with Gasteiger partial charge in [0.2, 0.25) is 0 Å². The van der Waals surface area contributed by atoms with Gasteiger partial charge in [0.1, 0.15) is 6.04 Å². The molecule has 1 aliphatic carbocycles. The molecule has 1 aliphatic rings. The molecule has 1 aromatic heterocycles. The number of nitrogens with zero attached hydrogens (tertiary/aromatic N) is 2. The minimum Gasteiger partial charge on any atom is -0.480 e. The van der Waals surface area contributed by atoms with Crippen molar-refractivity contribution >= 4 is 17.6 Å². The average Bonchev–Trinajstić information content (AvgIpc) is 2.99. The highest BCUT2D eigenvalue weighted by molar-refractivity contribution is 6.32.